The van der Waals surface area contributed by atoms with Gasteiger partial charge in [-0.15, -0.1) is 0 Å². The molecule has 0 aromatic heterocycles. The van der Waals surface area contributed by atoms with Gasteiger partial charge < -0.3 is 21.4 Å². The molecular formula is C12H14F3N3O3. The lowest BCUT2D eigenvalue weighted by molar-refractivity contribution is 0.0933. The van der Waals surface area contributed by atoms with Crippen molar-refractivity contribution in [2.45, 2.75) is 19.9 Å². The highest BCUT2D eigenvalue weighted by Gasteiger charge is 2.26. The summed E-state index contributed by atoms with van der Waals surface area (Å²) in [6, 6.07) is -0.652. The normalized spacial score (nSPS) is 13.3. The van der Waals surface area contributed by atoms with E-state index >= 15 is 0 Å². The number of hydrogen-bond acceptors (Lipinski definition) is 4. The second kappa shape index (κ2) is 6.33. The molecule has 21 heavy (non-hydrogen) atoms. The number of carbonyl (C=O) groups is 1. The van der Waals surface area contributed by atoms with Gasteiger partial charge in [0.05, 0.1) is 11.6 Å². The van der Waals surface area contributed by atoms with Crippen LogP contribution in [0.1, 0.15) is 24.2 Å². The number of nitrogens with zero attached hydrogens (tertiary/aromatic N) is 1. The van der Waals surface area contributed by atoms with Gasteiger partial charge in [0.15, 0.2) is 23.2 Å². The van der Waals surface area contributed by atoms with Crippen molar-refractivity contribution >= 4 is 11.7 Å². The van der Waals surface area contributed by atoms with Crippen LogP contribution < -0.4 is 11.1 Å². The van der Waals surface area contributed by atoms with Gasteiger partial charge in [-0.25, -0.2) is 8.78 Å². The summed E-state index contributed by atoms with van der Waals surface area (Å²) in [6.07, 6.45) is 0. The zero-order valence-corrected chi connectivity index (χ0v) is 11.2. The van der Waals surface area contributed by atoms with Gasteiger partial charge in [-0.2, -0.15) is 4.39 Å². The number of aromatic hydroxyl groups is 1. The summed E-state index contributed by atoms with van der Waals surface area (Å²) in [5.74, 6) is -8.38. The second-order valence-electron chi connectivity index (χ2n) is 4.60. The summed E-state index contributed by atoms with van der Waals surface area (Å²) in [5, 5.41) is 22.6. The number of amides is 1. The zero-order chi connectivity index (χ0) is 16.3. The maximum Gasteiger partial charge on any atom is 0.255 e. The summed E-state index contributed by atoms with van der Waals surface area (Å²) < 4.78 is 39.7. The lowest BCUT2D eigenvalue weighted by Crippen LogP contribution is -2.48. The molecule has 1 rings (SSSR count). The highest BCUT2D eigenvalue weighted by Crippen LogP contribution is 2.25. The minimum absolute atomic E-state index is 0.309. The molecule has 6 nitrogen and oxygen atoms in total. The summed E-state index contributed by atoms with van der Waals surface area (Å²) in [4.78, 5) is 11.9. The van der Waals surface area contributed by atoms with Crippen molar-refractivity contribution in [1.29, 1.82) is 0 Å². The van der Waals surface area contributed by atoms with E-state index in [0.717, 1.165) is 0 Å². The van der Waals surface area contributed by atoms with Crippen molar-refractivity contribution in [2.24, 2.45) is 16.8 Å². The van der Waals surface area contributed by atoms with Crippen LogP contribution in [0.15, 0.2) is 11.2 Å². The SMILES string of the molecule is CC(C)C(NC(=O)c1cc(F)c(F)c(O)c1F)C(N)=NO. The maximum atomic E-state index is 13.6. The van der Waals surface area contributed by atoms with Gasteiger partial charge >= 0.3 is 0 Å². The number of carbonyl (C=O) groups excluding carboxylic acids is 1. The predicted molar refractivity (Wildman–Crippen MR) is 67.5 cm³/mol. The van der Waals surface area contributed by atoms with Crippen LogP contribution in [0.5, 0.6) is 5.75 Å². The molecule has 0 saturated heterocycles. The number of hydrogen-bond donors (Lipinski definition) is 4. The molecular weight excluding hydrogens is 291 g/mol. The summed E-state index contributed by atoms with van der Waals surface area (Å²) in [5.41, 5.74) is 4.47. The van der Waals surface area contributed by atoms with Crippen LogP contribution in [0.2, 0.25) is 0 Å². The van der Waals surface area contributed by atoms with Gasteiger partial charge in [0, 0.05) is 0 Å². The average Bonchev–Trinajstić information content (AvgIpc) is 2.44. The smallest absolute Gasteiger partial charge is 0.255 e. The Morgan fingerprint density at radius 3 is 2.38 bits per heavy atom. The monoisotopic (exact) mass is 305 g/mol. The van der Waals surface area contributed by atoms with Crippen LogP contribution in [0.3, 0.4) is 0 Å². The molecule has 9 heteroatoms. The van der Waals surface area contributed by atoms with Gasteiger partial charge in [-0.3, -0.25) is 4.79 Å². The van der Waals surface area contributed by atoms with E-state index in [1.165, 1.54) is 0 Å². The van der Waals surface area contributed by atoms with E-state index in [2.05, 4.69) is 10.5 Å². The highest BCUT2D eigenvalue weighted by atomic mass is 19.2. The fourth-order valence-electron chi connectivity index (χ4n) is 1.62. The Labute approximate surface area is 118 Å². The first-order valence-corrected chi connectivity index (χ1v) is 5.85. The fourth-order valence-corrected chi connectivity index (χ4v) is 1.62. The summed E-state index contributed by atoms with van der Waals surface area (Å²) >= 11 is 0. The first-order valence-electron chi connectivity index (χ1n) is 5.85. The number of phenolic OH excluding ortho intramolecular Hbond substituents is 1. The third-order valence-corrected chi connectivity index (χ3v) is 2.77. The van der Waals surface area contributed by atoms with Gasteiger partial charge in [0.2, 0.25) is 5.82 Å². The molecule has 0 fully saturated rings. The van der Waals surface area contributed by atoms with Crippen molar-refractivity contribution in [3.05, 3.63) is 29.1 Å². The van der Waals surface area contributed by atoms with Crippen molar-refractivity contribution in [3.8, 4) is 5.75 Å². The first kappa shape index (κ1) is 16.6. The number of benzene rings is 1. The van der Waals surface area contributed by atoms with Crippen LogP contribution in [0.4, 0.5) is 13.2 Å². The molecule has 0 saturated carbocycles. The van der Waals surface area contributed by atoms with Gasteiger partial charge in [-0.1, -0.05) is 19.0 Å². The standard InChI is InChI=1S/C12H14F3N3O3/c1-4(2)9(11(16)18-21)17-12(20)5-3-6(13)8(15)10(19)7(5)14/h3-4,9,19,21H,1-2H3,(H2,16,18)(H,17,20). The Balaban J connectivity index is 3.15. The molecule has 116 valence electrons. The number of halogens is 3. The minimum Gasteiger partial charge on any atom is -0.503 e. The fraction of sp³-hybridized carbons (Fsp3) is 0.333. The van der Waals surface area contributed by atoms with E-state index in [4.69, 9.17) is 16.0 Å². The van der Waals surface area contributed by atoms with E-state index in [9.17, 15) is 18.0 Å². The van der Waals surface area contributed by atoms with Crippen LogP contribution in [0.25, 0.3) is 0 Å². The molecule has 1 aromatic rings. The average molecular weight is 305 g/mol. The van der Waals surface area contributed by atoms with Crippen LogP contribution >= 0.6 is 0 Å². The van der Waals surface area contributed by atoms with E-state index in [0.29, 0.717) is 6.07 Å². The molecule has 0 radical (unpaired) electrons. The van der Waals surface area contributed by atoms with Gasteiger partial charge in [-0.05, 0) is 12.0 Å². The number of amidine groups is 1. The van der Waals surface area contributed by atoms with Crippen LogP contribution in [0, 0.1) is 23.4 Å². The molecule has 1 amide bonds. The summed E-state index contributed by atoms with van der Waals surface area (Å²) in [6.45, 7) is 3.25. The van der Waals surface area contributed by atoms with Crippen molar-refractivity contribution in [2.75, 3.05) is 0 Å². The maximum absolute atomic E-state index is 13.6. The number of rotatable bonds is 4. The van der Waals surface area contributed by atoms with Gasteiger partial charge in [0.1, 0.15) is 0 Å². The number of phenols is 1. The minimum atomic E-state index is -1.79. The molecule has 1 unspecified atom stereocenters. The largest absolute Gasteiger partial charge is 0.503 e. The van der Waals surface area contributed by atoms with E-state index in [1.54, 1.807) is 13.8 Å². The molecule has 0 heterocycles. The van der Waals surface area contributed by atoms with Gasteiger partial charge in [0.25, 0.3) is 5.91 Å². The third-order valence-electron chi connectivity index (χ3n) is 2.77. The molecule has 0 aliphatic carbocycles. The topological polar surface area (TPSA) is 108 Å². The van der Waals surface area contributed by atoms with Crippen LogP contribution in [-0.2, 0) is 0 Å². The van der Waals surface area contributed by atoms with Crippen molar-refractivity contribution in [3.63, 3.8) is 0 Å². The Morgan fingerprint density at radius 1 is 1.33 bits per heavy atom. The quantitative estimate of drug-likeness (QED) is 0.221. The first-order chi connectivity index (χ1) is 9.70. The molecule has 0 aliphatic heterocycles. The molecule has 1 atom stereocenters. The lowest BCUT2D eigenvalue weighted by Gasteiger charge is -2.21. The van der Waals surface area contributed by atoms with E-state index < -0.39 is 40.7 Å². The molecule has 0 aliphatic rings. The Kier molecular flexibility index (Phi) is 5.01. The zero-order valence-electron chi connectivity index (χ0n) is 11.2. The van der Waals surface area contributed by atoms with Crippen LogP contribution in [-0.4, -0.2) is 28.1 Å². The Bertz CT molecular complexity index is 591. The number of nitrogens with two attached hydrogens (primary N) is 1. The summed E-state index contributed by atoms with van der Waals surface area (Å²) in [7, 11) is 0. The molecule has 1 aromatic carbocycles. The van der Waals surface area contributed by atoms with E-state index in [-0.39, 0.29) is 11.8 Å². The molecule has 0 spiro atoms. The third kappa shape index (κ3) is 3.36. The highest BCUT2D eigenvalue weighted by molar-refractivity contribution is 5.98. The van der Waals surface area contributed by atoms with Crippen molar-refractivity contribution < 1.29 is 28.3 Å². The number of oxime groups is 1. The second-order valence-corrected chi connectivity index (χ2v) is 4.60. The molecule has 5 N–H and O–H groups in total. The predicted octanol–water partition coefficient (Wildman–Crippen LogP) is 1.31. The Hall–Kier alpha value is -2.45. The number of nitrogens with one attached hydrogen (secondary N) is 1. The molecule has 0 bridgehead atoms. The van der Waals surface area contributed by atoms with E-state index in [1.807, 2.05) is 0 Å². The lowest BCUT2D eigenvalue weighted by atomic mass is 10.0. The van der Waals surface area contributed by atoms with Crippen molar-refractivity contribution in [1.82, 2.24) is 5.32 Å². The Morgan fingerprint density at radius 2 is 1.90 bits per heavy atom.